The lowest BCUT2D eigenvalue weighted by molar-refractivity contribution is 0.756. The lowest BCUT2D eigenvalue weighted by Gasteiger charge is -2.19. The van der Waals surface area contributed by atoms with Gasteiger partial charge in [-0.05, 0) is 37.1 Å². The second-order valence-corrected chi connectivity index (χ2v) is 7.18. The molecule has 0 saturated carbocycles. The molecule has 27 heavy (non-hydrogen) atoms. The highest BCUT2D eigenvalue weighted by atomic mass is 32.1. The highest BCUT2D eigenvalue weighted by Gasteiger charge is 2.23. The van der Waals surface area contributed by atoms with E-state index in [1.807, 2.05) is 74.1 Å². The number of rotatable bonds is 3. The summed E-state index contributed by atoms with van der Waals surface area (Å²) in [5.41, 5.74) is 3.30. The molecule has 0 bridgehead atoms. The Kier molecular flexibility index (Phi) is 4.36. The molecule has 0 saturated heterocycles. The molecule has 2 aromatic heterocycles. The molecule has 1 atom stereocenters. The third-order valence-corrected chi connectivity index (χ3v) is 5.30. The summed E-state index contributed by atoms with van der Waals surface area (Å²) < 4.78 is 3.57. The SMILES string of the molecule is Cc1ccccc1-n1c(C(S)c2nccn2C)nc2cccc(C)c2c1=O. The van der Waals surface area contributed by atoms with Crippen molar-refractivity contribution in [3.63, 3.8) is 0 Å². The fraction of sp³-hybridized carbons (Fsp3) is 0.190. The third-order valence-electron chi connectivity index (χ3n) is 4.84. The van der Waals surface area contributed by atoms with Crippen molar-refractivity contribution in [3.05, 3.63) is 88.0 Å². The molecule has 0 aliphatic heterocycles. The lowest BCUT2D eigenvalue weighted by Crippen LogP contribution is -2.26. The van der Waals surface area contributed by atoms with Gasteiger partial charge in [0.05, 0.1) is 16.6 Å². The molecule has 5 nitrogen and oxygen atoms in total. The van der Waals surface area contributed by atoms with Crippen molar-refractivity contribution in [1.29, 1.82) is 0 Å². The van der Waals surface area contributed by atoms with E-state index in [9.17, 15) is 4.79 Å². The summed E-state index contributed by atoms with van der Waals surface area (Å²) in [6, 6.07) is 13.5. The number of fused-ring (bicyclic) bond motifs is 1. The van der Waals surface area contributed by atoms with Crippen molar-refractivity contribution >= 4 is 23.5 Å². The second-order valence-electron chi connectivity index (χ2n) is 6.66. The van der Waals surface area contributed by atoms with Crippen LogP contribution in [0, 0.1) is 13.8 Å². The largest absolute Gasteiger partial charge is 0.337 e. The molecular weight excluding hydrogens is 356 g/mol. The zero-order valence-electron chi connectivity index (χ0n) is 15.4. The van der Waals surface area contributed by atoms with Gasteiger partial charge in [0, 0.05) is 19.4 Å². The first-order valence-corrected chi connectivity index (χ1v) is 9.24. The van der Waals surface area contributed by atoms with Crippen LogP contribution in [0.3, 0.4) is 0 Å². The van der Waals surface area contributed by atoms with E-state index in [2.05, 4.69) is 4.98 Å². The van der Waals surface area contributed by atoms with E-state index in [1.54, 1.807) is 10.8 Å². The maximum atomic E-state index is 13.5. The first-order chi connectivity index (χ1) is 13.0. The second kappa shape index (κ2) is 6.70. The van der Waals surface area contributed by atoms with Gasteiger partial charge >= 0.3 is 0 Å². The van der Waals surface area contributed by atoms with E-state index >= 15 is 0 Å². The molecule has 136 valence electrons. The van der Waals surface area contributed by atoms with E-state index in [1.165, 1.54) is 0 Å². The van der Waals surface area contributed by atoms with Gasteiger partial charge in [-0.1, -0.05) is 30.3 Å². The number of para-hydroxylation sites is 1. The summed E-state index contributed by atoms with van der Waals surface area (Å²) in [6.45, 7) is 3.92. The molecule has 0 aliphatic rings. The van der Waals surface area contributed by atoms with Crippen LogP contribution in [0.25, 0.3) is 16.6 Å². The molecule has 0 fully saturated rings. The smallest absolute Gasteiger partial charge is 0.266 e. The number of aryl methyl sites for hydroxylation is 3. The number of nitrogens with zero attached hydrogens (tertiary/aromatic N) is 4. The van der Waals surface area contributed by atoms with E-state index in [-0.39, 0.29) is 5.56 Å². The van der Waals surface area contributed by atoms with Crippen molar-refractivity contribution in [2.45, 2.75) is 19.1 Å². The highest BCUT2D eigenvalue weighted by Crippen LogP contribution is 2.28. The van der Waals surface area contributed by atoms with Gasteiger partial charge in [0.2, 0.25) is 0 Å². The minimum absolute atomic E-state index is 0.0874. The molecule has 6 heteroatoms. The van der Waals surface area contributed by atoms with Gasteiger partial charge in [-0.3, -0.25) is 9.36 Å². The molecule has 4 rings (SSSR count). The van der Waals surface area contributed by atoms with Crippen molar-refractivity contribution in [2.24, 2.45) is 7.05 Å². The van der Waals surface area contributed by atoms with E-state index < -0.39 is 5.25 Å². The molecule has 1 unspecified atom stereocenters. The summed E-state index contributed by atoms with van der Waals surface area (Å²) in [5.74, 6) is 1.30. The fourth-order valence-corrected chi connectivity index (χ4v) is 3.82. The number of hydrogen-bond acceptors (Lipinski definition) is 4. The van der Waals surface area contributed by atoms with Crippen LogP contribution < -0.4 is 5.56 Å². The number of benzene rings is 2. The first kappa shape index (κ1) is 17.5. The summed E-state index contributed by atoms with van der Waals surface area (Å²) >= 11 is 4.79. The molecule has 0 N–H and O–H groups in total. The van der Waals surface area contributed by atoms with Crippen LogP contribution in [-0.2, 0) is 7.05 Å². The number of aromatic nitrogens is 4. The summed E-state index contributed by atoms with van der Waals surface area (Å²) in [6.07, 6.45) is 3.58. The van der Waals surface area contributed by atoms with Gasteiger partial charge in [-0.15, -0.1) is 0 Å². The Labute approximate surface area is 162 Å². The maximum absolute atomic E-state index is 13.5. The van der Waals surface area contributed by atoms with Crippen molar-refractivity contribution in [3.8, 4) is 5.69 Å². The van der Waals surface area contributed by atoms with Crippen LogP contribution in [0.1, 0.15) is 28.0 Å². The average molecular weight is 376 g/mol. The average Bonchev–Trinajstić information content (AvgIpc) is 3.08. The molecule has 0 spiro atoms. The molecule has 2 heterocycles. The summed E-state index contributed by atoms with van der Waals surface area (Å²) in [7, 11) is 1.91. The van der Waals surface area contributed by atoms with Gasteiger partial charge < -0.3 is 4.57 Å². The van der Waals surface area contributed by atoms with Crippen LogP contribution in [-0.4, -0.2) is 19.1 Å². The van der Waals surface area contributed by atoms with E-state index in [0.29, 0.717) is 16.7 Å². The predicted octanol–water partition coefficient (Wildman–Crippen LogP) is 3.76. The minimum Gasteiger partial charge on any atom is -0.337 e. The fourth-order valence-electron chi connectivity index (χ4n) is 3.40. The zero-order valence-corrected chi connectivity index (χ0v) is 16.3. The highest BCUT2D eigenvalue weighted by molar-refractivity contribution is 7.80. The zero-order chi connectivity index (χ0) is 19.1. The van der Waals surface area contributed by atoms with Crippen LogP contribution in [0.2, 0.25) is 0 Å². The van der Waals surface area contributed by atoms with Crippen LogP contribution in [0.5, 0.6) is 0 Å². The molecule has 0 amide bonds. The molecule has 4 aromatic rings. The van der Waals surface area contributed by atoms with E-state index in [0.717, 1.165) is 22.6 Å². The minimum atomic E-state index is -0.442. The van der Waals surface area contributed by atoms with Crippen LogP contribution in [0.4, 0.5) is 0 Å². The quantitative estimate of drug-likeness (QED) is 0.554. The standard InChI is InChI=1S/C21H20N4OS/c1-13-7-4-5-10-16(13)25-20(18(27)19-22-11-12-24(19)3)23-15-9-6-8-14(2)17(15)21(25)26/h4-12,18,27H,1-3H3. The number of imidazole rings is 1. The third kappa shape index (κ3) is 2.86. The van der Waals surface area contributed by atoms with Crippen molar-refractivity contribution < 1.29 is 0 Å². The lowest BCUT2D eigenvalue weighted by atomic mass is 10.1. The normalized spacial score (nSPS) is 12.4. The van der Waals surface area contributed by atoms with Gasteiger partial charge in [-0.25, -0.2) is 9.97 Å². The van der Waals surface area contributed by atoms with Crippen molar-refractivity contribution in [1.82, 2.24) is 19.1 Å². The number of thiol groups is 1. The molecule has 0 radical (unpaired) electrons. The molecule has 0 aliphatic carbocycles. The summed E-state index contributed by atoms with van der Waals surface area (Å²) in [4.78, 5) is 22.8. The Bertz CT molecular complexity index is 1210. The van der Waals surface area contributed by atoms with Gasteiger partial charge in [-0.2, -0.15) is 12.6 Å². The van der Waals surface area contributed by atoms with E-state index in [4.69, 9.17) is 17.6 Å². The number of hydrogen-bond donors (Lipinski definition) is 1. The predicted molar refractivity (Wildman–Crippen MR) is 111 cm³/mol. The topological polar surface area (TPSA) is 52.7 Å². The Hall–Kier alpha value is -2.86. The maximum Gasteiger partial charge on any atom is 0.266 e. The Morgan fingerprint density at radius 1 is 1.00 bits per heavy atom. The van der Waals surface area contributed by atoms with Crippen molar-refractivity contribution in [2.75, 3.05) is 0 Å². The monoisotopic (exact) mass is 376 g/mol. The van der Waals surface area contributed by atoms with Crippen LogP contribution in [0.15, 0.2) is 59.7 Å². The molecular formula is C21H20N4OS. The Morgan fingerprint density at radius 2 is 1.74 bits per heavy atom. The van der Waals surface area contributed by atoms with Gasteiger partial charge in [0.1, 0.15) is 16.9 Å². The Balaban J connectivity index is 2.11. The first-order valence-electron chi connectivity index (χ1n) is 8.72. The van der Waals surface area contributed by atoms with Crippen LogP contribution >= 0.6 is 12.6 Å². The van der Waals surface area contributed by atoms with Gasteiger partial charge in [0.15, 0.2) is 0 Å². The van der Waals surface area contributed by atoms with Gasteiger partial charge in [0.25, 0.3) is 5.56 Å². The molecule has 2 aromatic carbocycles. The Morgan fingerprint density at radius 3 is 2.44 bits per heavy atom. The summed E-state index contributed by atoms with van der Waals surface area (Å²) in [5, 5.41) is 0.187.